The smallest absolute Gasteiger partial charge is 0.169 e. The van der Waals surface area contributed by atoms with Crippen LogP contribution in [-0.4, -0.2) is 50.9 Å². The topological polar surface area (TPSA) is 49.5 Å². The van der Waals surface area contributed by atoms with Gasteiger partial charge in [-0.2, -0.15) is 5.10 Å². The van der Waals surface area contributed by atoms with Gasteiger partial charge in [0.05, 0.1) is 19.0 Å². The molecule has 0 unspecified atom stereocenters. The number of nitrogens with zero attached hydrogens (tertiary/aromatic N) is 4. The van der Waals surface area contributed by atoms with E-state index in [-0.39, 0.29) is 0 Å². The lowest BCUT2D eigenvalue weighted by molar-refractivity contribution is 0.174. The number of thiocarbonyl (C=S) groups is 1. The minimum atomic E-state index is 0.641. The molecule has 0 spiro atoms. The fraction of sp³-hybridized carbons (Fsp3) is 0.467. The zero-order valence-electron chi connectivity index (χ0n) is 12.7. The predicted molar refractivity (Wildman–Crippen MR) is 88.2 cm³/mol. The van der Waals surface area contributed by atoms with Crippen LogP contribution in [0.5, 0.6) is 0 Å². The molecule has 1 aliphatic heterocycles. The molecule has 118 valence electrons. The molecule has 3 heterocycles. The maximum absolute atomic E-state index is 5.46. The summed E-state index contributed by atoms with van der Waals surface area (Å²) in [7, 11) is 1.95. The molecule has 22 heavy (non-hydrogen) atoms. The zero-order valence-corrected chi connectivity index (χ0v) is 13.6. The molecule has 0 aliphatic carbocycles. The van der Waals surface area contributed by atoms with E-state index in [1.54, 1.807) is 6.26 Å². The number of hydrogen-bond acceptors (Lipinski definition) is 4. The van der Waals surface area contributed by atoms with Crippen LogP contribution in [0.1, 0.15) is 11.3 Å². The van der Waals surface area contributed by atoms with Gasteiger partial charge in [-0.3, -0.25) is 9.58 Å². The molecule has 0 aromatic carbocycles. The Morgan fingerprint density at radius 2 is 2.18 bits per heavy atom. The number of hydrogen-bond donors (Lipinski definition) is 1. The standard InChI is InChI=1S/C15H21N5OS/c1-18-11-13(9-17-18)12-19-4-6-20(7-5-19)15(22)16-10-14-3-2-8-21-14/h2-3,8-9,11H,4-7,10,12H2,1H3,(H,16,22). The Kier molecular flexibility index (Phi) is 4.74. The SMILES string of the molecule is Cn1cc(CN2CCN(C(=S)NCc3ccco3)CC2)cn1. The minimum absolute atomic E-state index is 0.641. The van der Waals surface area contributed by atoms with E-state index < -0.39 is 0 Å². The maximum atomic E-state index is 5.46. The molecule has 0 saturated carbocycles. The number of furan rings is 1. The van der Waals surface area contributed by atoms with Crippen LogP contribution in [-0.2, 0) is 20.1 Å². The summed E-state index contributed by atoms with van der Waals surface area (Å²) in [6.45, 7) is 5.51. The Bertz CT molecular complexity index is 601. The highest BCUT2D eigenvalue weighted by Gasteiger charge is 2.19. The van der Waals surface area contributed by atoms with Gasteiger partial charge in [-0.15, -0.1) is 0 Å². The van der Waals surface area contributed by atoms with Crippen molar-refractivity contribution in [2.45, 2.75) is 13.1 Å². The molecule has 1 saturated heterocycles. The molecule has 0 bridgehead atoms. The Labute approximate surface area is 135 Å². The molecule has 0 radical (unpaired) electrons. The number of piperazine rings is 1. The first kappa shape index (κ1) is 15.1. The predicted octanol–water partition coefficient (Wildman–Crippen LogP) is 1.21. The molecule has 2 aromatic rings. The van der Waals surface area contributed by atoms with Crippen molar-refractivity contribution in [3.63, 3.8) is 0 Å². The van der Waals surface area contributed by atoms with Crippen molar-refractivity contribution >= 4 is 17.3 Å². The van der Waals surface area contributed by atoms with Gasteiger partial charge >= 0.3 is 0 Å². The molecule has 7 heteroatoms. The van der Waals surface area contributed by atoms with Crippen LogP contribution in [0.3, 0.4) is 0 Å². The molecule has 1 aliphatic rings. The average Bonchev–Trinajstić information content (AvgIpc) is 3.17. The number of aromatic nitrogens is 2. The first-order valence-corrected chi connectivity index (χ1v) is 7.86. The highest BCUT2D eigenvalue weighted by Crippen LogP contribution is 2.08. The van der Waals surface area contributed by atoms with Crippen LogP contribution in [0.25, 0.3) is 0 Å². The molecule has 0 amide bonds. The largest absolute Gasteiger partial charge is 0.467 e. The van der Waals surface area contributed by atoms with E-state index in [9.17, 15) is 0 Å². The fourth-order valence-corrected chi connectivity index (χ4v) is 2.86. The molecule has 1 N–H and O–H groups in total. The van der Waals surface area contributed by atoms with Gasteiger partial charge < -0.3 is 14.6 Å². The lowest BCUT2D eigenvalue weighted by atomic mass is 10.2. The van der Waals surface area contributed by atoms with Crippen molar-refractivity contribution in [2.75, 3.05) is 26.2 Å². The van der Waals surface area contributed by atoms with Gasteiger partial charge in [0.2, 0.25) is 0 Å². The third kappa shape index (κ3) is 3.86. The van der Waals surface area contributed by atoms with Gasteiger partial charge in [-0.1, -0.05) is 0 Å². The van der Waals surface area contributed by atoms with E-state index >= 15 is 0 Å². The Morgan fingerprint density at radius 3 is 2.82 bits per heavy atom. The van der Waals surface area contributed by atoms with Gasteiger partial charge in [0.1, 0.15) is 5.76 Å². The molecule has 0 atom stereocenters. The molecule has 1 fully saturated rings. The quantitative estimate of drug-likeness (QED) is 0.855. The highest BCUT2D eigenvalue weighted by molar-refractivity contribution is 7.80. The maximum Gasteiger partial charge on any atom is 0.169 e. The minimum Gasteiger partial charge on any atom is -0.467 e. The van der Waals surface area contributed by atoms with E-state index in [0.29, 0.717) is 6.54 Å². The van der Waals surface area contributed by atoms with Crippen molar-refractivity contribution in [3.8, 4) is 0 Å². The fourth-order valence-electron chi connectivity index (χ4n) is 2.61. The van der Waals surface area contributed by atoms with Crippen LogP contribution in [0.15, 0.2) is 35.2 Å². The summed E-state index contributed by atoms with van der Waals surface area (Å²) in [4.78, 5) is 4.65. The summed E-state index contributed by atoms with van der Waals surface area (Å²) in [6, 6.07) is 3.83. The Morgan fingerprint density at radius 1 is 1.36 bits per heavy atom. The monoisotopic (exact) mass is 319 g/mol. The summed E-state index contributed by atoms with van der Waals surface area (Å²) in [5.74, 6) is 0.901. The van der Waals surface area contributed by atoms with E-state index in [1.807, 2.05) is 30.1 Å². The van der Waals surface area contributed by atoms with Crippen molar-refractivity contribution in [2.24, 2.45) is 7.05 Å². The summed E-state index contributed by atoms with van der Waals surface area (Å²) < 4.78 is 7.15. The van der Waals surface area contributed by atoms with Crippen molar-refractivity contribution in [1.29, 1.82) is 0 Å². The zero-order chi connectivity index (χ0) is 15.4. The molecule has 2 aromatic heterocycles. The first-order chi connectivity index (χ1) is 10.7. The Hall–Kier alpha value is -1.86. The molecule has 6 nitrogen and oxygen atoms in total. The van der Waals surface area contributed by atoms with Crippen LogP contribution in [0.2, 0.25) is 0 Å². The van der Waals surface area contributed by atoms with E-state index in [1.165, 1.54) is 5.56 Å². The van der Waals surface area contributed by atoms with Crippen molar-refractivity contribution in [3.05, 3.63) is 42.1 Å². The summed E-state index contributed by atoms with van der Waals surface area (Å²) in [5.41, 5.74) is 1.26. The molecule has 3 rings (SSSR count). The second kappa shape index (κ2) is 6.93. The van der Waals surface area contributed by atoms with Crippen molar-refractivity contribution < 1.29 is 4.42 Å². The van der Waals surface area contributed by atoms with Crippen LogP contribution in [0, 0.1) is 0 Å². The van der Waals surface area contributed by atoms with E-state index in [4.69, 9.17) is 16.6 Å². The van der Waals surface area contributed by atoms with Gasteiger partial charge in [-0.25, -0.2) is 0 Å². The van der Waals surface area contributed by atoms with E-state index in [0.717, 1.165) is 43.6 Å². The lowest BCUT2D eigenvalue weighted by Crippen LogP contribution is -2.51. The molecular formula is C15H21N5OS. The van der Waals surface area contributed by atoms with Crippen molar-refractivity contribution in [1.82, 2.24) is 24.9 Å². The lowest BCUT2D eigenvalue weighted by Gasteiger charge is -2.36. The average molecular weight is 319 g/mol. The van der Waals surface area contributed by atoms with Gasteiger partial charge in [0, 0.05) is 51.5 Å². The first-order valence-electron chi connectivity index (χ1n) is 7.46. The van der Waals surface area contributed by atoms with Crippen LogP contribution >= 0.6 is 12.2 Å². The van der Waals surface area contributed by atoms with E-state index in [2.05, 4.69) is 26.4 Å². The Balaban J connectivity index is 1.42. The van der Waals surface area contributed by atoms with Gasteiger partial charge in [-0.05, 0) is 24.4 Å². The van der Waals surface area contributed by atoms with Crippen LogP contribution < -0.4 is 5.32 Å². The third-order valence-electron chi connectivity index (χ3n) is 3.82. The highest BCUT2D eigenvalue weighted by atomic mass is 32.1. The molecular weight excluding hydrogens is 298 g/mol. The normalized spacial score (nSPS) is 16.0. The summed E-state index contributed by atoms with van der Waals surface area (Å²) in [6.07, 6.45) is 5.68. The van der Waals surface area contributed by atoms with Gasteiger partial charge in [0.15, 0.2) is 5.11 Å². The number of aryl methyl sites for hydroxylation is 1. The van der Waals surface area contributed by atoms with Gasteiger partial charge in [0.25, 0.3) is 0 Å². The second-order valence-electron chi connectivity index (χ2n) is 5.52. The second-order valence-corrected chi connectivity index (χ2v) is 5.91. The summed E-state index contributed by atoms with van der Waals surface area (Å²) in [5, 5.41) is 8.27. The van der Waals surface area contributed by atoms with Crippen LogP contribution in [0.4, 0.5) is 0 Å². The third-order valence-corrected chi connectivity index (χ3v) is 4.22. The number of nitrogens with one attached hydrogen (secondary N) is 1. The number of rotatable bonds is 4. The summed E-state index contributed by atoms with van der Waals surface area (Å²) >= 11 is 5.46.